The Bertz CT molecular complexity index is 1520. The summed E-state index contributed by atoms with van der Waals surface area (Å²) in [6.45, 7) is 6.59. The topological polar surface area (TPSA) is 78.9 Å². The van der Waals surface area contributed by atoms with Gasteiger partial charge < -0.3 is 14.2 Å². The Morgan fingerprint density at radius 1 is 0.253 bits per heavy atom. The van der Waals surface area contributed by atoms with Crippen LogP contribution < -0.4 is 0 Å². The van der Waals surface area contributed by atoms with E-state index >= 15 is 0 Å². The fraction of sp³-hybridized carbons (Fsp3) is 0.805. The molecular formula is C77H138O6. The molecule has 0 spiro atoms. The molecule has 482 valence electrons. The zero-order valence-corrected chi connectivity index (χ0v) is 55.5. The van der Waals surface area contributed by atoms with Crippen molar-refractivity contribution in [1.29, 1.82) is 0 Å². The van der Waals surface area contributed by atoms with E-state index in [4.69, 9.17) is 14.2 Å². The third-order valence-electron chi connectivity index (χ3n) is 16.2. The van der Waals surface area contributed by atoms with Crippen molar-refractivity contribution in [2.24, 2.45) is 0 Å². The van der Waals surface area contributed by atoms with E-state index in [1.54, 1.807) is 0 Å². The minimum atomic E-state index is -0.777. The molecule has 6 nitrogen and oxygen atoms in total. The minimum Gasteiger partial charge on any atom is -0.462 e. The van der Waals surface area contributed by atoms with Gasteiger partial charge in [0, 0.05) is 19.3 Å². The summed E-state index contributed by atoms with van der Waals surface area (Å²) in [5.74, 6) is -0.851. The Morgan fingerprint density at radius 2 is 0.470 bits per heavy atom. The average molecular weight is 1160 g/mol. The summed E-state index contributed by atoms with van der Waals surface area (Å²) in [5.41, 5.74) is 0. The van der Waals surface area contributed by atoms with Gasteiger partial charge in [0.15, 0.2) is 6.10 Å². The normalized spacial score (nSPS) is 12.5. The summed E-state index contributed by atoms with van der Waals surface area (Å²) in [6.07, 6.45) is 93.6. The van der Waals surface area contributed by atoms with Crippen molar-refractivity contribution >= 4 is 17.9 Å². The first kappa shape index (κ1) is 79.8. The first-order valence-electron chi connectivity index (χ1n) is 36.4. The van der Waals surface area contributed by atoms with Gasteiger partial charge in [-0.25, -0.2) is 0 Å². The van der Waals surface area contributed by atoms with Crippen LogP contribution in [0.5, 0.6) is 0 Å². The van der Waals surface area contributed by atoms with Crippen LogP contribution in [0, 0.1) is 0 Å². The van der Waals surface area contributed by atoms with Crippen LogP contribution in [-0.4, -0.2) is 37.2 Å². The molecule has 0 aliphatic carbocycles. The molecule has 0 saturated carbocycles. The molecule has 0 aromatic carbocycles. The lowest BCUT2D eigenvalue weighted by molar-refractivity contribution is -0.167. The smallest absolute Gasteiger partial charge is 0.306 e. The van der Waals surface area contributed by atoms with E-state index in [-0.39, 0.29) is 31.1 Å². The van der Waals surface area contributed by atoms with Gasteiger partial charge in [-0.15, -0.1) is 0 Å². The highest BCUT2D eigenvalue weighted by molar-refractivity contribution is 5.71. The van der Waals surface area contributed by atoms with Crippen LogP contribution in [0.15, 0.2) is 72.9 Å². The molecule has 0 N–H and O–H groups in total. The maximum Gasteiger partial charge on any atom is 0.306 e. The van der Waals surface area contributed by atoms with Gasteiger partial charge in [-0.1, -0.05) is 344 Å². The fourth-order valence-electron chi connectivity index (χ4n) is 10.8. The monoisotopic (exact) mass is 1160 g/mol. The van der Waals surface area contributed by atoms with Crippen LogP contribution in [0.25, 0.3) is 0 Å². The summed E-state index contributed by atoms with van der Waals surface area (Å²) in [7, 11) is 0. The van der Waals surface area contributed by atoms with Gasteiger partial charge in [0.05, 0.1) is 0 Å². The van der Waals surface area contributed by atoms with Crippen LogP contribution in [0.4, 0.5) is 0 Å². The molecule has 0 fully saturated rings. The summed E-state index contributed by atoms with van der Waals surface area (Å²) >= 11 is 0. The second-order valence-electron chi connectivity index (χ2n) is 24.5. The van der Waals surface area contributed by atoms with E-state index < -0.39 is 6.10 Å². The molecule has 83 heavy (non-hydrogen) atoms. The van der Waals surface area contributed by atoms with Crippen LogP contribution in [-0.2, 0) is 28.6 Å². The standard InChI is InChI=1S/C77H138O6/c1-4-7-10-13-16-19-22-25-28-31-33-34-35-36-37-38-39-40-41-42-44-46-49-52-55-58-61-64-67-70-76(79)82-73-74(72-81-75(78)69-66-63-60-57-54-51-48-45-30-27-24-21-18-15-12-9-6-3)83-77(80)71-68-65-62-59-56-53-50-47-43-32-29-26-23-20-17-14-11-8-5-2/h7,10,16,19,25,27-28,30,33-34,36-37,74H,4-6,8-9,11-15,17-18,20-24,26,29,31-32,35,38-73H2,1-3H3/b10-7-,19-16-,28-25-,30-27-,34-33-,37-36-. The van der Waals surface area contributed by atoms with E-state index in [9.17, 15) is 14.4 Å². The predicted octanol–water partition coefficient (Wildman–Crippen LogP) is 25.2. The highest BCUT2D eigenvalue weighted by atomic mass is 16.6. The van der Waals surface area contributed by atoms with Gasteiger partial charge in [-0.2, -0.15) is 0 Å². The lowest BCUT2D eigenvalue weighted by atomic mass is 10.0. The molecule has 0 amide bonds. The molecule has 0 aromatic heterocycles. The number of allylic oxidation sites excluding steroid dienone is 12. The number of carbonyl (C=O) groups is 3. The zero-order chi connectivity index (χ0) is 59.9. The molecule has 0 radical (unpaired) electrons. The van der Waals surface area contributed by atoms with Crippen molar-refractivity contribution < 1.29 is 28.6 Å². The van der Waals surface area contributed by atoms with Crippen molar-refractivity contribution in [2.45, 2.75) is 386 Å². The maximum atomic E-state index is 13.0. The number of hydrogen-bond donors (Lipinski definition) is 0. The second-order valence-corrected chi connectivity index (χ2v) is 24.5. The van der Waals surface area contributed by atoms with Crippen LogP contribution in [0.3, 0.4) is 0 Å². The molecule has 0 aliphatic rings. The molecule has 1 atom stereocenters. The molecular weight excluding hydrogens is 1020 g/mol. The lowest BCUT2D eigenvalue weighted by Crippen LogP contribution is -2.30. The average Bonchev–Trinajstić information content (AvgIpc) is 3.49. The molecule has 0 rings (SSSR count). The molecule has 0 aromatic rings. The molecule has 0 aliphatic heterocycles. The maximum absolute atomic E-state index is 13.0. The Balaban J connectivity index is 4.28. The third-order valence-corrected chi connectivity index (χ3v) is 16.2. The van der Waals surface area contributed by atoms with Crippen LogP contribution >= 0.6 is 0 Å². The molecule has 0 heterocycles. The van der Waals surface area contributed by atoms with Crippen molar-refractivity contribution in [2.75, 3.05) is 13.2 Å². The van der Waals surface area contributed by atoms with E-state index in [0.29, 0.717) is 19.3 Å². The quantitative estimate of drug-likeness (QED) is 0.0261. The molecule has 6 heteroatoms. The van der Waals surface area contributed by atoms with Crippen molar-refractivity contribution in [3.8, 4) is 0 Å². The van der Waals surface area contributed by atoms with E-state index in [1.807, 2.05) is 0 Å². The fourth-order valence-corrected chi connectivity index (χ4v) is 10.8. The third kappa shape index (κ3) is 69.5. The van der Waals surface area contributed by atoms with E-state index in [1.165, 1.54) is 250 Å². The zero-order valence-electron chi connectivity index (χ0n) is 55.5. The largest absolute Gasteiger partial charge is 0.462 e. The summed E-state index contributed by atoms with van der Waals surface area (Å²) in [4.78, 5) is 38.5. The van der Waals surface area contributed by atoms with Crippen LogP contribution in [0.2, 0.25) is 0 Å². The van der Waals surface area contributed by atoms with Crippen molar-refractivity contribution in [3.05, 3.63) is 72.9 Å². The molecule has 1 unspecified atom stereocenters. The minimum absolute atomic E-state index is 0.0724. The van der Waals surface area contributed by atoms with Gasteiger partial charge >= 0.3 is 17.9 Å². The highest BCUT2D eigenvalue weighted by Gasteiger charge is 2.19. The Labute approximate surface area is 516 Å². The summed E-state index contributed by atoms with van der Waals surface area (Å²) < 4.78 is 17.0. The predicted molar refractivity (Wildman–Crippen MR) is 362 cm³/mol. The number of ether oxygens (including phenoxy) is 3. The van der Waals surface area contributed by atoms with Crippen LogP contribution in [0.1, 0.15) is 380 Å². The highest BCUT2D eigenvalue weighted by Crippen LogP contribution is 2.18. The van der Waals surface area contributed by atoms with Gasteiger partial charge in [0.2, 0.25) is 0 Å². The summed E-state index contributed by atoms with van der Waals surface area (Å²) in [6, 6.07) is 0. The Hall–Kier alpha value is -3.15. The Kier molecular flexibility index (Phi) is 68.6. The van der Waals surface area contributed by atoms with Gasteiger partial charge in [-0.05, 0) is 89.9 Å². The number of unbranched alkanes of at least 4 members (excludes halogenated alkanes) is 44. The number of hydrogen-bond acceptors (Lipinski definition) is 6. The number of esters is 3. The van der Waals surface area contributed by atoms with Gasteiger partial charge in [0.25, 0.3) is 0 Å². The van der Waals surface area contributed by atoms with E-state index in [0.717, 1.165) is 89.9 Å². The molecule has 0 bridgehead atoms. The molecule has 0 saturated heterocycles. The first-order valence-corrected chi connectivity index (χ1v) is 36.4. The Morgan fingerprint density at radius 3 is 0.747 bits per heavy atom. The van der Waals surface area contributed by atoms with Crippen molar-refractivity contribution in [1.82, 2.24) is 0 Å². The number of carbonyl (C=O) groups excluding carboxylic acids is 3. The SMILES string of the molecule is CC/C=C\C/C=C\C/C=C\C/C=C\C/C=C\CCCCCCCCCCCCCCCC(=O)OCC(COC(=O)CCCCCCCCC/C=C\CCCCCCCC)OC(=O)CCCCCCCCCCCCCCCCCCCCC. The van der Waals surface area contributed by atoms with Gasteiger partial charge in [0.1, 0.15) is 13.2 Å². The first-order chi connectivity index (χ1) is 41.0. The van der Waals surface area contributed by atoms with E-state index in [2.05, 4.69) is 93.7 Å². The number of rotatable bonds is 67. The lowest BCUT2D eigenvalue weighted by Gasteiger charge is -2.18. The second kappa shape index (κ2) is 71.3. The summed E-state index contributed by atoms with van der Waals surface area (Å²) in [5, 5.41) is 0. The van der Waals surface area contributed by atoms with Gasteiger partial charge in [-0.3, -0.25) is 14.4 Å². The van der Waals surface area contributed by atoms with Crippen molar-refractivity contribution in [3.63, 3.8) is 0 Å².